The zero-order chi connectivity index (χ0) is 12.5. The molecule has 2 nitrogen and oxygen atoms in total. The Kier molecular flexibility index (Phi) is 2.92. The van der Waals surface area contributed by atoms with Gasteiger partial charge in [-0.2, -0.15) is 0 Å². The second-order valence-corrected chi connectivity index (χ2v) is 5.82. The lowest BCUT2D eigenvalue weighted by molar-refractivity contribution is 0.899. The van der Waals surface area contributed by atoms with Gasteiger partial charge in [-0.15, -0.1) is 0 Å². The third-order valence-electron chi connectivity index (χ3n) is 2.81. The molecule has 0 atom stereocenters. The van der Waals surface area contributed by atoms with Gasteiger partial charge >= 0.3 is 0 Å². The van der Waals surface area contributed by atoms with Crippen LogP contribution in [0.3, 0.4) is 0 Å². The lowest BCUT2D eigenvalue weighted by Gasteiger charge is -2.22. The molecule has 0 saturated heterocycles. The smallest absolute Gasteiger partial charge is 0.0527 e. The van der Waals surface area contributed by atoms with E-state index >= 15 is 0 Å². The summed E-state index contributed by atoms with van der Waals surface area (Å²) in [7, 11) is 0. The van der Waals surface area contributed by atoms with E-state index < -0.39 is 0 Å². The average molecular weight is 256 g/mol. The summed E-state index contributed by atoms with van der Waals surface area (Å²) in [5.41, 5.74) is 3.56. The number of hydrogen-bond acceptors (Lipinski definition) is 3. The summed E-state index contributed by atoms with van der Waals surface area (Å²) >= 11 is 1.82. The van der Waals surface area contributed by atoms with Gasteiger partial charge in [0.2, 0.25) is 0 Å². The first-order valence-electron chi connectivity index (χ1n) is 6.17. The Labute approximate surface area is 112 Å². The predicted octanol–water partition coefficient (Wildman–Crippen LogP) is 4.72. The normalized spacial score (nSPS) is 12.6. The molecule has 1 aliphatic heterocycles. The highest BCUT2D eigenvalue weighted by atomic mass is 32.2. The summed E-state index contributed by atoms with van der Waals surface area (Å²) < 4.78 is 0. The Morgan fingerprint density at radius 1 is 1.00 bits per heavy atom. The molecule has 0 aliphatic carbocycles. The Balaban J connectivity index is 1.93. The van der Waals surface area contributed by atoms with Crippen molar-refractivity contribution >= 4 is 28.8 Å². The molecule has 0 radical (unpaired) electrons. The molecule has 92 valence electrons. The molecular formula is C15H16N2S. The van der Waals surface area contributed by atoms with Crippen LogP contribution < -0.4 is 10.6 Å². The van der Waals surface area contributed by atoms with Crippen LogP contribution in [0.15, 0.2) is 52.3 Å². The van der Waals surface area contributed by atoms with Crippen molar-refractivity contribution in [1.82, 2.24) is 0 Å². The van der Waals surface area contributed by atoms with E-state index in [1.165, 1.54) is 26.9 Å². The van der Waals surface area contributed by atoms with Crippen LogP contribution in [0.4, 0.5) is 17.1 Å². The Hall–Kier alpha value is -1.61. The van der Waals surface area contributed by atoms with E-state index in [9.17, 15) is 0 Å². The third kappa shape index (κ3) is 2.18. The Bertz CT molecular complexity index is 578. The SMILES string of the molecule is CC(C)Nc1ccc2c(c1)Sc1ccccc1N2. The first kappa shape index (κ1) is 11.5. The minimum atomic E-state index is 0.455. The Morgan fingerprint density at radius 3 is 2.61 bits per heavy atom. The van der Waals surface area contributed by atoms with Crippen LogP contribution in [0, 0.1) is 0 Å². The van der Waals surface area contributed by atoms with Crippen LogP contribution in [0.5, 0.6) is 0 Å². The number of rotatable bonds is 2. The lowest BCUT2D eigenvalue weighted by atomic mass is 10.2. The van der Waals surface area contributed by atoms with Crippen molar-refractivity contribution in [2.24, 2.45) is 0 Å². The molecule has 18 heavy (non-hydrogen) atoms. The first-order chi connectivity index (χ1) is 8.72. The molecule has 3 heteroatoms. The van der Waals surface area contributed by atoms with Gasteiger partial charge in [-0.3, -0.25) is 0 Å². The highest BCUT2D eigenvalue weighted by Crippen LogP contribution is 2.44. The van der Waals surface area contributed by atoms with Gasteiger partial charge in [0.05, 0.1) is 11.4 Å². The molecule has 0 spiro atoms. The maximum absolute atomic E-state index is 3.47. The Morgan fingerprint density at radius 2 is 1.78 bits per heavy atom. The molecule has 0 fully saturated rings. The zero-order valence-corrected chi connectivity index (χ0v) is 11.3. The fraction of sp³-hybridized carbons (Fsp3) is 0.200. The van der Waals surface area contributed by atoms with Gasteiger partial charge in [-0.05, 0) is 44.2 Å². The number of fused-ring (bicyclic) bond motifs is 2. The van der Waals surface area contributed by atoms with Crippen molar-refractivity contribution < 1.29 is 0 Å². The second-order valence-electron chi connectivity index (χ2n) is 4.73. The van der Waals surface area contributed by atoms with E-state index in [-0.39, 0.29) is 0 Å². The van der Waals surface area contributed by atoms with E-state index in [1.54, 1.807) is 0 Å². The van der Waals surface area contributed by atoms with E-state index in [0.29, 0.717) is 6.04 Å². The fourth-order valence-corrected chi connectivity index (χ4v) is 3.08. The summed E-state index contributed by atoms with van der Waals surface area (Å²) in [5.74, 6) is 0. The van der Waals surface area contributed by atoms with Crippen molar-refractivity contribution in [2.45, 2.75) is 29.7 Å². The van der Waals surface area contributed by atoms with Crippen LogP contribution in [0.1, 0.15) is 13.8 Å². The van der Waals surface area contributed by atoms with Crippen LogP contribution >= 0.6 is 11.8 Å². The molecule has 0 saturated carbocycles. The van der Waals surface area contributed by atoms with Gasteiger partial charge in [0, 0.05) is 21.5 Å². The molecule has 1 aliphatic rings. The van der Waals surface area contributed by atoms with E-state index in [4.69, 9.17) is 0 Å². The average Bonchev–Trinajstić information content (AvgIpc) is 2.35. The maximum Gasteiger partial charge on any atom is 0.0527 e. The summed E-state index contributed by atoms with van der Waals surface area (Å²) in [5, 5.41) is 6.91. The second kappa shape index (κ2) is 4.58. The standard InChI is InChI=1S/C15H16N2S/c1-10(2)16-11-7-8-13-15(9-11)18-14-6-4-3-5-12(14)17-13/h3-10,16-17H,1-2H3. The van der Waals surface area contributed by atoms with Gasteiger partial charge in [-0.25, -0.2) is 0 Å². The summed E-state index contributed by atoms with van der Waals surface area (Å²) in [6.07, 6.45) is 0. The van der Waals surface area contributed by atoms with Crippen LogP contribution in [0.2, 0.25) is 0 Å². The van der Waals surface area contributed by atoms with Crippen LogP contribution in [-0.2, 0) is 0 Å². The molecule has 0 amide bonds. The van der Waals surface area contributed by atoms with Gasteiger partial charge in [0.15, 0.2) is 0 Å². The quantitative estimate of drug-likeness (QED) is 0.694. The largest absolute Gasteiger partial charge is 0.383 e. The number of nitrogens with one attached hydrogen (secondary N) is 2. The van der Waals surface area contributed by atoms with Gasteiger partial charge in [-0.1, -0.05) is 23.9 Å². The topological polar surface area (TPSA) is 24.1 Å². The lowest BCUT2D eigenvalue weighted by Crippen LogP contribution is -2.10. The number of hydrogen-bond donors (Lipinski definition) is 2. The molecule has 0 aromatic heterocycles. The van der Waals surface area contributed by atoms with Crippen LogP contribution in [0.25, 0.3) is 0 Å². The van der Waals surface area contributed by atoms with Crippen molar-refractivity contribution in [2.75, 3.05) is 10.6 Å². The minimum Gasteiger partial charge on any atom is -0.383 e. The van der Waals surface area contributed by atoms with Crippen molar-refractivity contribution in [3.8, 4) is 0 Å². The highest BCUT2D eigenvalue weighted by molar-refractivity contribution is 7.99. The van der Waals surface area contributed by atoms with Gasteiger partial charge in [0.1, 0.15) is 0 Å². The van der Waals surface area contributed by atoms with Crippen molar-refractivity contribution in [3.05, 3.63) is 42.5 Å². The maximum atomic E-state index is 3.47. The van der Waals surface area contributed by atoms with E-state index in [0.717, 1.165) is 0 Å². The van der Waals surface area contributed by atoms with Crippen LogP contribution in [-0.4, -0.2) is 6.04 Å². The number of benzene rings is 2. The first-order valence-corrected chi connectivity index (χ1v) is 6.98. The fourth-order valence-electron chi connectivity index (χ4n) is 2.06. The summed E-state index contributed by atoms with van der Waals surface area (Å²) in [6.45, 7) is 4.31. The molecule has 0 bridgehead atoms. The summed E-state index contributed by atoms with van der Waals surface area (Å²) in [6, 6.07) is 15.3. The molecular weight excluding hydrogens is 240 g/mol. The van der Waals surface area contributed by atoms with Gasteiger partial charge in [0.25, 0.3) is 0 Å². The van der Waals surface area contributed by atoms with E-state index in [2.05, 4.69) is 66.9 Å². The predicted molar refractivity (Wildman–Crippen MR) is 79.0 cm³/mol. The molecule has 2 N–H and O–H groups in total. The zero-order valence-electron chi connectivity index (χ0n) is 10.5. The number of para-hydroxylation sites is 1. The molecule has 1 heterocycles. The summed E-state index contributed by atoms with van der Waals surface area (Å²) in [4.78, 5) is 2.56. The third-order valence-corrected chi connectivity index (χ3v) is 3.95. The molecule has 0 unspecified atom stereocenters. The number of anilines is 3. The van der Waals surface area contributed by atoms with Gasteiger partial charge < -0.3 is 10.6 Å². The van der Waals surface area contributed by atoms with Crippen molar-refractivity contribution in [1.29, 1.82) is 0 Å². The van der Waals surface area contributed by atoms with E-state index in [1.807, 2.05) is 11.8 Å². The molecule has 2 aromatic rings. The minimum absolute atomic E-state index is 0.455. The highest BCUT2D eigenvalue weighted by Gasteiger charge is 2.15. The molecule has 3 rings (SSSR count). The molecule has 2 aromatic carbocycles. The van der Waals surface area contributed by atoms with Crippen molar-refractivity contribution in [3.63, 3.8) is 0 Å². The monoisotopic (exact) mass is 256 g/mol.